The molecule has 0 bridgehead atoms. The van der Waals surface area contributed by atoms with E-state index in [0.29, 0.717) is 22.4 Å². The number of methoxy groups -OCH3 is 1. The van der Waals surface area contributed by atoms with Crippen LogP contribution in [0.15, 0.2) is 58.2 Å². The zero-order chi connectivity index (χ0) is 21.3. The molecule has 30 heavy (non-hydrogen) atoms. The fourth-order valence-electron chi connectivity index (χ4n) is 3.27. The third-order valence-electron chi connectivity index (χ3n) is 4.74. The molecule has 0 saturated heterocycles. The van der Waals surface area contributed by atoms with Crippen LogP contribution in [0.5, 0.6) is 5.75 Å². The van der Waals surface area contributed by atoms with E-state index in [9.17, 15) is 14.7 Å². The number of phenolic OH excluding ortho intramolecular Hbond substituents is 1. The summed E-state index contributed by atoms with van der Waals surface area (Å²) < 4.78 is 10.5. The van der Waals surface area contributed by atoms with E-state index in [1.54, 1.807) is 24.3 Å². The topological polar surface area (TPSA) is 125 Å². The van der Waals surface area contributed by atoms with Gasteiger partial charge in [-0.1, -0.05) is 12.1 Å². The highest BCUT2D eigenvalue weighted by atomic mass is 16.5. The van der Waals surface area contributed by atoms with E-state index in [0.717, 1.165) is 0 Å². The molecule has 0 fully saturated rings. The maximum absolute atomic E-state index is 12.7. The van der Waals surface area contributed by atoms with Gasteiger partial charge in [-0.2, -0.15) is 0 Å². The van der Waals surface area contributed by atoms with Crippen LogP contribution in [-0.2, 0) is 14.3 Å². The van der Waals surface area contributed by atoms with Crippen molar-refractivity contribution in [3.63, 3.8) is 0 Å². The van der Waals surface area contributed by atoms with E-state index in [2.05, 4.69) is 10.3 Å². The lowest BCUT2D eigenvalue weighted by molar-refractivity contribution is -0.136. The minimum atomic E-state index is -0.635. The fraction of sp³-hybridized carbons (Fsp3) is 0.190. The van der Waals surface area contributed by atoms with Crippen molar-refractivity contribution < 1.29 is 29.0 Å². The number of nitrogens with zero attached hydrogens (tertiary/aromatic N) is 2. The summed E-state index contributed by atoms with van der Waals surface area (Å²) in [7, 11) is 1.23. The van der Waals surface area contributed by atoms with Gasteiger partial charge in [-0.3, -0.25) is 4.79 Å². The molecule has 1 amide bonds. The summed E-state index contributed by atoms with van der Waals surface area (Å²) in [6.07, 6.45) is 0. The summed E-state index contributed by atoms with van der Waals surface area (Å²) in [6, 6.07) is 11.8. The largest absolute Gasteiger partial charge is 0.507 e. The van der Waals surface area contributed by atoms with Gasteiger partial charge in [0.25, 0.3) is 5.91 Å². The summed E-state index contributed by atoms with van der Waals surface area (Å²) in [5, 5.41) is 22.4. The molecule has 0 aliphatic carbocycles. The number of aliphatic hydroxyl groups excluding tert-OH is 1. The van der Waals surface area contributed by atoms with E-state index in [1.807, 2.05) is 12.1 Å². The van der Waals surface area contributed by atoms with Crippen molar-refractivity contribution in [3.8, 4) is 17.2 Å². The van der Waals surface area contributed by atoms with Gasteiger partial charge in [-0.05, 0) is 30.3 Å². The summed E-state index contributed by atoms with van der Waals surface area (Å²) in [6.45, 7) is -0.104. The molecule has 2 aromatic carbocycles. The number of amides is 1. The van der Waals surface area contributed by atoms with Gasteiger partial charge in [0.05, 0.1) is 31.4 Å². The average Bonchev–Trinajstić information content (AvgIpc) is 3.31. The van der Waals surface area contributed by atoms with E-state index in [1.165, 1.54) is 18.1 Å². The number of oxazole rings is 1. The molecule has 3 N–H and O–H groups in total. The van der Waals surface area contributed by atoms with Crippen LogP contribution in [0.2, 0.25) is 0 Å². The number of phenols is 1. The van der Waals surface area contributed by atoms with E-state index in [4.69, 9.17) is 14.3 Å². The number of carbonyl (C=O) groups is 2. The number of nitrogens with one attached hydrogen (secondary N) is 1. The second kappa shape index (κ2) is 7.88. The Kier molecular flexibility index (Phi) is 5.11. The lowest BCUT2D eigenvalue weighted by Gasteiger charge is -2.15. The standard InChI is InChI=1S/C21H19N3O6/c1-29-21(28)14-11-24(8-9-25)20(27)18(14)22-12-6-7-16(26)13(10-12)19-23-15-4-2-3-5-17(15)30-19/h2-7,10,22,25-26H,8-9,11H2,1H3. The number of aromatic nitrogens is 1. The average molecular weight is 409 g/mol. The molecule has 1 aliphatic rings. The Hall–Kier alpha value is -3.85. The third-order valence-corrected chi connectivity index (χ3v) is 4.74. The normalized spacial score (nSPS) is 13.9. The van der Waals surface area contributed by atoms with Crippen molar-refractivity contribution in [2.45, 2.75) is 0 Å². The minimum absolute atomic E-state index is 0.0322. The van der Waals surface area contributed by atoms with E-state index in [-0.39, 0.29) is 42.6 Å². The Morgan fingerprint density at radius 1 is 1.30 bits per heavy atom. The highest BCUT2D eigenvalue weighted by Gasteiger charge is 2.34. The maximum atomic E-state index is 12.7. The lowest BCUT2D eigenvalue weighted by Crippen LogP contribution is -2.31. The van der Waals surface area contributed by atoms with Crippen molar-refractivity contribution in [1.82, 2.24) is 9.88 Å². The second-order valence-corrected chi connectivity index (χ2v) is 6.64. The van der Waals surface area contributed by atoms with Crippen LogP contribution in [0.1, 0.15) is 0 Å². The molecule has 9 heteroatoms. The van der Waals surface area contributed by atoms with E-state index >= 15 is 0 Å². The maximum Gasteiger partial charge on any atom is 0.337 e. The van der Waals surface area contributed by atoms with Crippen LogP contribution < -0.4 is 5.32 Å². The zero-order valence-electron chi connectivity index (χ0n) is 16.1. The molecule has 154 valence electrons. The first-order chi connectivity index (χ1) is 14.5. The molecule has 0 spiro atoms. The predicted molar refractivity (Wildman–Crippen MR) is 107 cm³/mol. The fourth-order valence-corrected chi connectivity index (χ4v) is 3.27. The molecule has 1 aliphatic heterocycles. The van der Waals surface area contributed by atoms with Gasteiger partial charge < -0.3 is 29.6 Å². The summed E-state index contributed by atoms with van der Waals surface area (Å²) >= 11 is 0. The molecular weight excluding hydrogens is 390 g/mol. The SMILES string of the molecule is COC(=O)C1=C(Nc2ccc(O)c(-c3nc4ccccc4o3)c2)C(=O)N(CCO)C1. The highest BCUT2D eigenvalue weighted by Crippen LogP contribution is 2.34. The number of β-amino-alcohol motifs (C(OH)–C–C–N with tert-alkyl or cyclic N) is 1. The Morgan fingerprint density at radius 3 is 2.83 bits per heavy atom. The van der Waals surface area contributed by atoms with Crippen LogP contribution in [0.4, 0.5) is 5.69 Å². The minimum Gasteiger partial charge on any atom is -0.507 e. The number of anilines is 1. The van der Waals surface area contributed by atoms with Crippen LogP contribution in [0.25, 0.3) is 22.6 Å². The molecule has 9 nitrogen and oxygen atoms in total. The Balaban J connectivity index is 1.70. The molecule has 0 unspecified atom stereocenters. The number of carbonyl (C=O) groups excluding carboxylic acids is 2. The van der Waals surface area contributed by atoms with Crippen LogP contribution in [-0.4, -0.2) is 58.8 Å². The number of ether oxygens (including phenoxy) is 1. The Morgan fingerprint density at radius 2 is 2.10 bits per heavy atom. The first-order valence-corrected chi connectivity index (χ1v) is 9.19. The molecule has 0 radical (unpaired) electrons. The number of aliphatic hydroxyl groups is 1. The zero-order valence-corrected chi connectivity index (χ0v) is 16.1. The monoisotopic (exact) mass is 409 g/mol. The first-order valence-electron chi connectivity index (χ1n) is 9.19. The van der Waals surface area contributed by atoms with Gasteiger partial charge in [-0.25, -0.2) is 9.78 Å². The Labute approximate surface area is 171 Å². The van der Waals surface area contributed by atoms with Crippen molar-refractivity contribution in [2.24, 2.45) is 0 Å². The highest BCUT2D eigenvalue weighted by molar-refractivity contribution is 6.08. The summed E-state index contributed by atoms with van der Waals surface area (Å²) in [5.41, 5.74) is 2.21. The number of hydrogen-bond donors (Lipinski definition) is 3. The number of hydrogen-bond acceptors (Lipinski definition) is 8. The molecular formula is C21H19N3O6. The van der Waals surface area contributed by atoms with Gasteiger partial charge in [0, 0.05) is 12.2 Å². The number of fused-ring (bicyclic) bond motifs is 1. The van der Waals surface area contributed by atoms with Gasteiger partial charge in [0.2, 0.25) is 5.89 Å². The van der Waals surface area contributed by atoms with Gasteiger partial charge in [0.15, 0.2) is 5.58 Å². The van der Waals surface area contributed by atoms with Gasteiger partial charge in [0.1, 0.15) is 17.0 Å². The van der Waals surface area contributed by atoms with Crippen molar-refractivity contribution >= 4 is 28.7 Å². The number of benzene rings is 2. The predicted octanol–water partition coefficient (Wildman–Crippen LogP) is 1.87. The van der Waals surface area contributed by atoms with Crippen molar-refractivity contribution in [2.75, 3.05) is 32.1 Å². The molecule has 2 heterocycles. The van der Waals surface area contributed by atoms with Crippen molar-refractivity contribution in [3.05, 3.63) is 53.7 Å². The third kappa shape index (κ3) is 3.46. The molecule has 1 aromatic heterocycles. The van der Waals surface area contributed by atoms with Gasteiger partial charge in [-0.15, -0.1) is 0 Å². The van der Waals surface area contributed by atoms with Gasteiger partial charge >= 0.3 is 5.97 Å². The molecule has 0 saturated carbocycles. The summed E-state index contributed by atoms with van der Waals surface area (Å²) in [4.78, 5) is 30.5. The van der Waals surface area contributed by atoms with E-state index < -0.39 is 11.9 Å². The number of esters is 1. The van der Waals surface area contributed by atoms with Crippen LogP contribution in [0.3, 0.4) is 0 Å². The van der Waals surface area contributed by atoms with Crippen LogP contribution >= 0.6 is 0 Å². The van der Waals surface area contributed by atoms with Crippen molar-refractivity contribution in [1.29, 1.82) is 0 Å². The smallest absolute Gasteiger partial charge is 0.337 e. The second-order valence-electron chi connectivity index (χ2n) is 6.64. The quantitative estimate of drug-likeness (QED) is 0.416. The Bertz CT molecular complexity index is 1130. The first kappa shape index (κ1) is 19.5. The molecule has 4 rings (SSSR count). The lowest BCUT2D eigenvalue weighted by atomic mass is 10.1. The number of rotatable bonds is 6. The molecule has 0 atom stereocenters. The number of aromatic hydroxyl groups is 1. The molecule has 3 aromatic rings. The number of para-hydroxylation sites is 2. The summed E-state index contributed by atoms with van der Waals surface area (Å²) in [5.74, 6) is -0.890. The van der Waals surface area contributed by atoms with Crippen LogP contribution in [0, 0.1) is 0 Å².